The standard InChI is InChI=1S/C7H12N4O3/c1-14-3-2-11-5(4-8)6(7(12)13)9-10-11/h2-4,8H2,1H3,(H,12,13). The molecule has 0 amide bonds. The summed E-state index contributed by atoms with van der Waals surface area (Å²) in [6.07, 6.45) is 0. The second-order valence-corrected chi connectivity index (χ2v) is 2.61. The smallest absolute Gasteiger partial charge is 0.358 e. The number of ether oxygens (including phenoxy) is 1. The van der Waals surface area contributed by atoms with Crippen LogP contribution in [0.5, 0.6) is 0 Å². The predicted molar refractivity (Wildman–Crippen MR) is 46.7 cm³/mol. The van der Waals surface area contributed by atoms with E-state index in [0.29, 0.717) is 18.8 Å². The van der Waals surface area contributed by atoms with Gasteiger partial charge in [-0.3, -0.25) is 0 Å². The zero-order valence-electron chi connectivity index (χ0n) is 7.80. The number of rotatable bonds is 5. The minimum Gasteiger partial charge on any atom is -0.476 e. The summed E-state index contributed by atoms with van der Waals surface area (Å²) in [5.41, 5.74) is 5.72. The van der Waals surface area contributed by atoms with Gasteiger partial charge in [-0.1, -0.05) is 5.21 Å². The SMILES string of the molecule is COCCn1nnc(C(=O)O)c1CN. The molecule has 1 aromatic heterocycles. The molecule has 14 heavy (non-hydrogen) atoms. The van der Waals surface area contributed by atoms with Gasteiger partial charge in [0.25, 0.3) is 0 Å². The summed E-state index contributed by atoms with van der Waals surface area (Å²) < 4.78 is 6.28. The van der Waals surface area contributed by atoms with Crippen LogP contribution in [0.1, 0.15) is 16.2 Å². The van der Waals surface area contributed by atoms with E-state index in [4.69, 9.17) is 15.6 Å². The van der Waals surface area contributed by atoms with Crippen molar-refractivity contribution in [1.29, 1.82) is 0 Å². The van der Waals surface area contributed by atoms with Gasteiger partial charge in [-0.05, 0) is 0 Å². The topological polar surface area (TPSA) is 103 Å². The van der Waals surface area contributed by atoms with Crippen molar-refractivity contribution in [2.75, 3.05) is 13.7 Å². The molecule has 7 heteroatoms. The van der Waals surface area contributed by atoms with E-state index in [1.165, 1.54) is 4.68 Å². The van der Waals surface area contributed by atoms with Crippen LogP contribution in [0.4, 0.5) is 0 Å². The average molecular weight is 200 g/mol. The molecule has 3 N–H and O–H groups in total. The lowest BCUT2D eigenvalue weighted by Crippen LogP contribution is -2.14. The Morgan fingerprint density at radius 3 is 2.93 bits per heavy atom. The van der Waals surface area contributed by atoms with Crippen LogP contribution in [0.15, 0.2) is 0 Å². The average Bonchev–Trinajstić information content (AvgIpc) is 2.57. The van der Waals surface area contributed by atoms with E-state index in [9.17, 15) is 4.79 Å². The van der Waals surface area contributed by atoms with Gasteiger partial charge in [-0.15, -0.1) is 5.10 Å². The number of aromatic carboxylic acids is 1. The highest BCUT2D eigenvalue weighted by atomic mass is 16.5. The van der Waals surface area contributed by atoms with Gasteiger partial charge in [0.1, 0.15) is 0 Å². The van der Waals surface area contributed by atoms with Crippen LogP contribution in [0.25, 0.3) is 0 Å². The quantitative estimate of drug-likeness (QED) is 0.637. The zero-order valence-corrected chi connectivity index (χ0v) is 7.80. The minimum atomic E-state index is -1.12. The number of aromatic nitrogens is 3. The van der Waals surface area contributed by atoms with Crippen LogP contribution < -0.4 is 5.73 Å². The molecule has 0 fully saturated rings. The Kier molecular flexibility index (Phi) is 3.55. The number of hydrogen-bond acceptors (Lipinski definition) is 5. The lowest BCUT2D eigenvalue weighted by Gasteiger charge is -2.03. The molecule has 0 aromatic carbocycles. The van der Waals surface area contributed by atoms with Crippen molar-refractivity contribution in [2.24, 2.45) is 5.73 Å². The minimum absolute atomic E-state index is 0.0939. The van der Waals surface area contributed by atoms with Gasteiger partial charge in [0.05, 0.1) is 18.8 Å². The molecule has 0 radical (unpaired) electrons. The maximum absolute atomic E-state index is 10.7. The summed E-state index contributed by atoms with van der Waals surface area (Å²) in [5.74, 6) is -1.12. The highest BCUT2D eigenvalue weighted by Gasteiger charge is 2.16. The molecule has 0 aliphatic heterocycles. The lowest BCUT2D eigenvalue weighted by atomic mass is 10.3. The molecule has 78 valence electrons. The number of methoxy groups -OCH3 is 1. The van der Waals surface area contributed by atoms with Crippen molar-refractivity contribution in [1.82, 2.24) is 15.0 Å². The van der Waals surface area contributed by atoms with Crippen molar-refractivity contribution >= 4 is 5.97 Å². The Labute approximate surface area is 80.5 Å². The predicted octanol–water partition coefficient (Wildman–Crippen LogP) is -0.919. The number of nitrogens with zero attached hydrogens (tertiary/aromatic N) is 3. The van der Waals surface area contributed by atoms with Crippen LogP contribution in [0.2, 0.25) is 0 Å². The largest absolute Gasteiger partial charge is 0.476 e. The summed E-state index contributed by atoms with van der Waals surface area (Å²) in [5, 5.41) is 15.9. The Balaban J connectivity index is 2.89. The van der Waals surface area contributed by atoms with Gasteiger partial charge in [-0.2, -0.15) is 0 Å². The van der Waals surface area contributed by atoms with E-state index in [2.05, 4.69) is 10.3 Å². The normalized spacial score (nSPS) is 10.4. The fraction of sp³-hybridized carbons (Fsp3) is 0.571. The van der Waals surface area contributed by atoms with E-state index < -0.39 is 5.97 Å². The number of carboxylic acid groups (broad SMARTS) is 1. The summed E-state index contributed by atoms with van der Waals surface area (Å²) >= 11 is 0. The number of carbonyl (C=O) groups is 1. The Morgan fingerprint density at radius 1 is 1.71 bits per heavy atom. The van der Waals surface area contributed by atoms with Gasteiger partial charge in [0, 0.05) is 13.7 Å². The van der Waals surface area contributed by atoms with Gasteiger partial charge < -0.3 is 15.6 Å². The first-order valence-electron chi connectivity index (χ1n) is 4.05. The van der Waals surface area contributed by atoms with Gasteiger partial charge in [-0.25, -0.2) is 9.48 Å². The molecular formula is C7H12N4O3. The highest BCUT2D eigenvalue weighted by molar-refractivity contribution is 5.86. The van der Waals surface area contributed by atoms with E-state index in [-0.39, 0.29) is 12.2 Å². The third-order valence-corrected chi connectivity index (χ3v) is 1.74. The molecule has 0 aliphatic rings. The van der Waals surface area contributed by atoms with Crippen molar-refractivity contribution < 1.29 is 14.6 Å². The Hall–Kier alpha value is -1.47. The first kappa shape index (κ1) is 10.6. The van der Waals surface area contributed by atoms with Crippen LogP contribution in [0.3, 0.4) is 0 Å². The summed E-state index contributed by atoms with van der Waals surface area (Å²) in [6.45, 7) is 0.983. The van der Waals surface area contributed by atoms with Crippen LogP contribution >= 0.6 is 0 Å². The summed E-state index contributed by atoms with van der Waals surface area (Å²) in [4.78, 5) is 10.7. The van der Waals surface area contributed by atoms with Gasteiger partial charge >= 0.3 is 5.97 Å². The van der Waals surface area contributed by atoms with E-state index in [0.717, 1.165) is 0 Å². The van der Waals surface area contributed by atoms with Crippen molar-refractivity contribution in [2.45, 2.75) is 13.1 Å². The van der Waals surface area contributed by atoms with Crippen molar-refractivity contribution in [3.63, 3.8) is 0 Å². The summed E-state index contributed by atoms with van der Waals surface area (Å²) in [7, 11) is 1.55. The van der Waals surface area contributed by atoms with E-state index >= 15 is 0 Å². The van der Waals surface area contributed by atoms with Gasteiger partial charge in [0.15, 0.2) is 5.69 Å². The molecule has 1 heterocycles. The Bertz CT molecular complexity index is 323. The van der Waals surface area contributed by atoms with E-state index in [1.807, 2.05) is 0 Å². The monoisotopic (exact) mass is 200 g/mol. The van der Waals surface area contributed by atoms with Crippen LogP contribution in [0, 0.1) is 0 Å². The van der Waals surface area contributed by atoms with E-state index in [1.54, 1.807) is 7.11 Å². The zero-order chi connectivity index (χ0) is 10.6. The molecule has 0 unspecified atom stereocenters. The second kappa shape index (κ2) is 4.68. The maximum atomic E-state index is 10.7. The van der Waals surface area contributed by atoms with Crippen molar-refractivity contribution in [3.8, 4) is 0 Å². The van der Waals surface area contributed by atoms with Crippen molar-refractivity contribution in [3.05, 3.63) is 11.4 Å². The lowest BCUT2D eigenvalue weighted by molar-refractivity contribution is 0.0689. The molecule has 0 spiro atoms. The fourth-order valence-electron chi connectivity index (χ4n) is 1.06. The van der Waals surface area contributed by atoms with Gasteiger partial charge in [0.2, 0.25) is 0 Å². The molecular weight excluding hydrogens is 188 g/mol. The third-order valence-electron chi connectivity index (χ3n) is 1.74. The molecule has 0 bridgehead atoms. The maximum Gasteiger partial charge on any atom is 0.358 e. The molecule has 0 saturated heterocycles. The molecule has 1 rings (SSSR count). The first-order chi connectivity index (χ1) is 6.70. The summed E-state index contributed by atoms with van der Waals surface area (Å²) in [6, 6.07) is 0. The Morgan fingerprint density at radius 2 is 2.43 bits per heavy atom. The number of nitrogens with two attached hydrogens (primary N) is 1. The van der Waals surface area contributed by atoms with Crippen LogP contribution in [-0.4, -0.2) is 39.8 Å². The van der Waals surface area contributed by atoms with Crippen LogP contribution in [-0.2, 0) is 17.8 Å². The highest BCUT2D eigenvalue weighted by Crippen LogP contribution is 2.04. The number of hydrogen-bond donors (Lipinski definition) is 2. The molecule has 1 aromatic rings. The fourth-order valence-corrected chi connectivity index (χ4v) is 1.06. The first-order valence-corrected chi connectivity index (χ1v) is 4.05. The molecule has 0 atom stereocenters. The molecule has 0 aliphatic carbocycles. The molecule has 7 nitrogen and oxygen atoms in total. The second-order valence-electron chi connectivity index (χ2n) is 2.61. The number of carboxylic acids is 1. The third kappa shape index (κ3) is 2.06. The molecule has 0 saturated carbocycles.